The number of carbonyl (C=O) groups is 1. The average Bonchev–Trinajstić information content (AvgIpc) is 3.49. The molecule has 3 heterocycles. The van der Waals surface area contributed by atoms with Crippen molar-refractivity contribution in [3.63, 3.8) is 0 Å². The van der Waals surface area contributed by atoms with Gasteiger partial charge in [0.05, 0.1) is 25.4 Å². The van der Waals surface area contributed by atoms with Gasteiger partial charge in [0.15, 0.2) is 4.34 Å². The summed E-state index contributed by atoms with van der Waals surface area (Å²) < 4.78 is 1.44. The molecule has 1 aliphatic rings. The SMILES string of the molecule is O=C(Nc1ccc2nc(Sc3ccc(-c4nc5sc6c(c5c(=O)[nH]4)CCCCC6)cc3[N+](=O)[O-])sc2c1)c1ccc(Cl)cc1. The molecule has 0 atom stereocenters. The van der Waals surface area contributed by atoms with E-state index in [-0.39, 0.29) is 17.2 Å². The lowest BCUT2D eigenvalue weighted by Gasteiger charge is -2.05. The van der Waals surface area contributed by atoms with Gasteiger partial charge >= 0.3 is 0 Å². The van der Waals surface area contributed by atoms with Crippen LogP contribution in [0.3, 0.4) is 0 Å². The predicted molar refractivity (Wildman–Crippen MR) is 177 cm³/mol. The fourth-order valence-corrected chi connectivity index (χ4v) is 8.83. The van der Waals surface area contributed by atoms with Crippen molar-refractivity contribution in [3.05, 3.63) is 102 Å². The minimum atomic E-state index is -0.437. The van der Waals surface area contributed by atoms with Crippen LogP contribution in [0.25, 0.3) is 31.8 Å². The molecule has 220 valence electrons. The third kappa shape index (κ3) is 5.61. The summed E-state index contributed by atoms with van der Waals surface area (Å²) >= 11 is 10.0. The van der Waals surface area contributed by atoms with Crippen LogP contribution in [0, 0.1) is 10.1 Å². The molecular formula is C31H22ClN5O4S3. The van der Waals surface area contributed by atoms with Crippen LogP contribution in [0.1, 0.15) is 40.1 Å². The predicted octanol–water partition coefficient (Wildman–Crippen LogP) is 8.50. The number of H-pyrrole nitrogens is 1. The number of amides is 1. The molecule has 1 aliphatic carbocycles. The van der Waals surface area contributed by atoms with Crippen molar-refractivity contribution >= 4 is 83.8 Å². The summed E-state index contributed by atoms with van der Waals surface area (Å²) in [6.45, 7) is 0. The van der Waals surface area contributed by atoms with Crippen LogP contribution >= 0.6 is 46.0 Å². The van der Waals surface area contributed by atoms with E-state index in [0.29, 0.717) is 52.6 Å². The van der Waals surface area contributed by atoms with Gasteiger partial charge in [-0.15, -0.1) is 22.7 Å². The van der Waals surface area contributed by atoms with E-state index in [2.05, 4.69) is 15.3 Å². The molecule has 13 heteroatoms. The van der Waals surface area contributed by atoms with Gasteiger partial charge in [0.1, 0.15) is 10.7 Å². The van der Waals surface area contributed by atoms with Crippen LogP contribution in [0.15, 0.2) is 74.7 Å². The number of thiazole rings is 1. The van der Waals surface area contributed by atoms with E-state index in [1.54, 1.807) is 59.9 Å². The maximum Gasteiger partial charge on any atom is 0.284 e. The van der Waals surface area contributed by atoms with Gasteiger partial charge in [0.25, 0.3) is 17.2 Å². The first-order valence-electron chi connectivity index (χ1n) is 13.8. The number of aromatic nitrogens is 3. The Labute approximate surface area is 267 Å². The number of aryl methyl sites for hydroxylation is 2. The third-order valence-electron chi connectivity index (χ3n) is 7.43. The van der Waals surface area contributed by atoms with E-state index in [1.807, 2.05) is 6.07 Å². The summed E-state index contributed by atoms with van der Waals surface area (Å²) in [6, 6.07) is 16.8. The van der Waals surface area contributed by atoms with E-state index in [0.717, 1.165) is 42.4 Å². The number of halogens is 1. The maximum absolute atomic E-state index is 13.1. The highest BCUT2D eigenvalue weighted by atomic mass is 35.5. The number of nitrogens with one attached hydrogen (secondary N) is 2. The lowest BCUT2D eigenvalue weighted by Crippen LogP contribution is -2.11. The molecule has 0 spiro atoms. The number of nitro groups is 1. The Balaban J connectivity index is 1.15. The molecule has 9 nitrogen and oxygen atoms in total. The number of nitrogens with zero attached hydrogens (tertiary/aromatic N) is 3. The normalized spacial score (nSPS) is 13.1. The molecule has 7 rings (SSSR count). The fourth-order valence-electron chi connectivity index (χ4n) is 5.29. The molecule has 44 heavy (non-hydrogen) atoms. The molecule has 3 aromatic heterocycles. The van der Waals surface area contributed by atoms with Crippen LogP contribution in [0.4, 0.5) is 11.4 Å². The molecule has 0 bridgehead atoms. The van der Waals surface area contributed by atoms with E-state index < -0.39 is 4.92 Å². The Morgan fingerprint density at radius 2 is 1.82 bits per heavy atom. The van der Waals surface area contributed by atoms with Gasteiger partial charge < -0.3 is 10.3 Å². The Hall–Kier alpha value is -4.10. The molecule has 1 amide bonds. The quantitative estimate of drug-likeness (QED) is 0.104. The zero-order chi connectivity index (χ0) is 30.4. The van der Waals surface area contributed by atoms with Gasteiger partial charge in [-0.25, -0.2) is 9.97 Å². The van der Waals surface area contributed by atoms with Crippen molar-refractivity contribution in [2.45, 2.75) is 41.3 Å². The first-order chi connectivity index (χ1) is 21.3. The Morgan fingerprint density at radius 3 is 2.64 bits per heavy atom. The van der Waals surface area contributed by atoms with Crippen molar-refractivity contribution in [1.82, 2.24) is 15.0 Å². The summed E-state index contributed by atoms with van der Waals surface area (Å²) in [5.41, 5.74) is 3.06. The highest BCUT2D eigenvalue weighted by Crippen LogP contribution is 2.41. The minimum Gasteiger partial charge on any atom is -0.322 e. The zero-order valence-corrected chi connectivity index (χ0v) is 26.1. The lowest BCUT2D eigenvalue weighted by molar-refractivity contribution is -0.387. The summed E-state index contributed by atoms with van der Waals surface area (Å²) in [5, 5.41) is 16.2. The number of fused-ring (bicyclic) bond motifs is 4. The molecular weight excluding hydrogens is 638 g/mol. The van der Waals surface area contributed by atoms with Gasteiger partial charge in [0, 0.05) is 32.8 Å². The van der Waals surface area contributed by atoms with Crippen molar-refractivity contribution < 1.29 is 9.72 Å². The monoisotopic (exact) mass is 659 g/mol. The summed E-state index contributed by atoms with van der Waals surface area (Å²) in [4.78, 5) is 52.0. The molecule has 2 N–H and O–H groups in total. The van der Waals surface area contributed by atoms with Gasteiger partial charge in [-0.1, -0.05) is 29.8 Å². The van der Waals surface area contributed by atoms with Gasteiger partial charge in [-0.05, 0) is 85.8 Å². The number of rotatable bonds is 6. The number of carbonyl (C=O) groups excluding carboxylic acids is 1. The lowest BCUT2D eigenvalue weighted by atomic mass is 10.1. The first kappa shape index (κ1) is 28.7. The van der Waals surface area contributed by atoms with Crippen LogP contribution < -0.4 is 10.9 Å². The zero-order valence-electron chi connectivity index (χ0n) is 22.9. The topological polar surface area (TPSA) is 131 Å². The molecule has 0 saturated carbocycles. The number of hydrogen-bond donors (Lipinski definition) is 2. The minimum absolute atomic E-state index is 0.104. The standard InChI is InChI=1S/C31H22ClN5O4S3/c32-18-9-6-16(7-10-18)28(38)33-19-11-12-21-25(15-19)44-31(34-21)43-24-13-8-17(14-22(24)37(40)41)27-35-29(39)26-20-4-2-1-3-5-23(20)42-30(26)36-27/h6-15H,1-5H2,(H,33,38)(H,35,36,39). The molecule has 3 aromatic carbocycles. The fraction of sp³-hybridized carbons (Fsp3) is 0.161. The largest absolute Gasteiger partial charge is 0.322 e. The molecule has 0 radical (unpaired) electrons. The smallest absolute Gasteiger partial charge is 0.284 e. The average molecular weight is 660 g/mol. The van der Waals surface area contributed by atoms with Gasteiger partial charge in [-0.2, -0.15) is 0 Å². The summed E-state index contributed by atoms with van der Waals surface area (Å²) in [7, 11) is 0. The highest BCUT2D eigenvalue weighted by Gasteiger charge is 2.22. The number of benzene rings is 3. The number of thiophene rings is 1. The number of hydrogen-bond acceptors (Lipinski definition) is 9. The summed E-state index contributed by atoms with van der Waals surface area (Å²) in [6.07, 6.45) is 5.14. The van der Waals surface area contributed by atoms with Crippen LogP contribution in [-0.2, 0) is 12.8 Å². The molecule has 0 saturated heterocycles. The van der Waals surface area contributed by atoms with E-state index >= 15 is 0 Å². The Bertz CT molecular complexity index is 2160. The van der Waals surface area contributed by atoms with Crippen molar-refractivity contribution in [1.29, 1.82) is 0 Å². The second-order valence-electron chi connectivity index (χ2n) is 10.3. The summed E-state index contributed by atoms with van der Waals surface area (Å²) in [5.74, 6) is 0.0479. The van der Waals surface area contributed by atoms with Crippen LogP contribution in [0.5, 0.6) is 0 Å². The van der Waals surface area contributed by atoms with Crippen molar-refractivity contribution in [3.8, 4) is 11.4 Å². The third-order valence-corrected chi connectivity index (χ3v) is 11.0. The van der Waals surface area contributed by atoms with E-state index in [9.17, 15) is 19.7 Å². The van der Waals surface area contributed by atoms with Crippen LogP contribution in [0.2, 0.25) is 5.02 Å². The van der Waals surface area contributed by atoms with Gasteiger partial charge in [-0.3, -0.25) is 19.7 Å². The molecule has 0 aliphatic heterocycles. The Kier molecular flexibility index (Phi) is 7.67. The second kappa shape index (κ2) is 11.8. The van der Waals surface area contributed by atoms with Crippen molar-refractivity contribution in [2.24, 2.45) is 0 Å². The highest BCUT2D eigenvalue weighted by molar-refractivity contribution is 8.01. The van der Waals surface area contributed by atoms with Crippen LogP contribution in [-0.4, -0.2) is 25.8 Å². The molecule has 0 fully saturated rings. The molecule has 6 aromatic rings. The van der Waals surface area contributed by atoms with Crippen molar-refractivity contribution in [2.75, 3.05) is 5.32 Å². The number of aromatic amines is 1. The second-order valence-corrected chi connectivity index (χ2v) is 14.2. The molecule has 0 unspecified atom stereocenters. The first-order valence-corrected chi connectivity index (χ1v) is 16.6. The number of anilines is 1. The van der Waals surface area contributed by atoms with E-state index in [4.69, 9.17) is 16.6 Å². The van der Waals surface area contributed by atoms with E-state index in [1.165, 1.54) is 34.0 Å². The Morgan fingerprint density at radius 1 is 1.00 bits per heavy atom. The number of nitro benzene ring substituents is 1. The van der Waals surface area contributed by atoms with Gasteiger partial charge in [0.2, 0.25) is 0 Å². The maximum atomic E-state index is 13.1.